The summed E-state index contributed by atoms with van der Waals surface area (Å²) in [6.07, 6.45) is 5.04. The highest BCUT2D eigenvalue weighted by Crippen LogP contribution is 2.36. The maximum atomic E-state index is 14.3. The van der Waals surface area contributed by atoms with Gasteiger partial charge in [0.2, 0.25) is 0 Å². The number of hydrogen-bond acceptors (Lipinski definition) is 1. The lowest BCUT2D eigenvalue weighted by Gasteiger charge is -2.34. The van der Waals surface area contributed by atoms with Gasteiger partial charge in [0.05, 0.1) is 6.04 Å². The van der Waals surface area contributed by atoms with Crippen LogP contribution >= 0.6 is 0 Å². The van der Waals surface area contributed by atoms with E-state index in [0.29, 0.717) is 5.57 Å². The van der Waals surface area contributed by atoms with E-state index in [9.17, 15) is 13.6 Å². The molecule has 1 atom stereocenters. The fourth-order valence-electron chi connectivity index (χ4n) is 3.91. The minimum atomic E-state index is -0.482. The van der Waals surface area contributed by atoms with Crippen molar-refractivity contribution >= 4 is 11.6 Å². The zero-order valence-electron chi connectivity index (χ0n) is 15.1. The van der Waals surface area contributed by atoms with Gasteiger partial charge in [0, 0.05) is 25.2 Å². The second-order valence-corrected chi connectivity index (χ2v) is 7.13. The maximum Gasteiger partial charge on any atom is 0.321 e. The summed E-state index contributed by atoms with van der Waals surface area (Å²) >= 11 is 0. The van der Waals surface area contributed by atoms with E-state index in [1.165, 1.54) is 6.07 Å². The van der Waals surface area contributed by atoms with Gasteiger partial charge in [0.1, 0.15) is 11.6 Å². The molecule has 2 aromatic rings. The van der Waals surface area contributed by atoms with Crippen molar-refractivity contribution in [3.8, 4) is 0 Å². The van der Waals surface area contributed by atoms with Crippen molar-refractivity contribution in [2.24, 2.45) is 0 Å². The fourth-order valence-corrected chi connectivity index (χ4v) is 3.91. The molecule has 2 aromatic carbocycles. The van der Waals surface area contributed by atoms with E-state index in [2.05, 4.69) is 0 Å². The number of nitrogens with zero attached hydrogens (tertiary/aromatic N) is 2. The largest absolute Gasteiger partial charge is 0.325 e. The summed E-state index contributed by atoms with van der Waals surface area (Å²) in [6.45, 7) is 1.77. The highest BCUT2D eigenvalue weighted by molar-refractivity contribution is 5.82. The number of halogens is 2. The van der Waals surface area contributed by atoms with Gasteiger partial charge in [-0.25, -0.2) is 13.6 Å². The zero-order valence-corrected chi connectivity index (χ0v) is 15.1. The Kier molecular flexibility index (Phi) is 4.92. The van der Waals surface area contributed by atoms with Crippen LogP contribution in [0.2, 0.25) is 0 Å². The van der Waals surface area contributed by atoms with E-state index in [1.807, 2.05) is 41.3 Å². The van der Waals surface area contributed by atoms with Gasteiger partial charge in [-0.2, -0.15) is 0 Å². The van der Waals surface area contributed by atoms with E-state index in [0.717, 1.165) is 50.0 Å². The number of carbonyl (C=O) groups is 1. The van der Waals surface area contributed by atoms with Crippen molar-refractivity contribution in [2.45, 2.75) is 25.3 Å². The fraction of sp³-hybridized carbons (Fsp3) is 0.318. The SMILES string of the molecule is O=C(N1CCCCC1)N1CC(c2cc(F)ccc2F)=C[C@H]1c1ccccc1. The number of amides is 2. The van der Waals surface area contributed by atoms with Crippen LogP contribution < -0.4 is 0 Å². The molecule has 140 valence electrons. The van der Waals surface area contributed by atoms with E-state index >= 15 is 0 Å². The lowest BCUT2D eigenvalue weighted by atomic mass is 10.0. The Bertz CT molecular complexity index is 860. The van der Waals surface area contributed by atoms with Crippen molar-refractivity contribution in [2.75, 3.05) is 19.6 Å². The molecular formula is C22H22F2N2O. The quantitative estimate of drug-likeness (QED) is 0.731. The highest BCUT2D eigenvalue weighted by Gasteiger charge is 2.34. The molecule has 0 aromatic heterocycles. The predicted molar refractivity (Wildman–Crippen MR) is 101 cm³/mol. The summed E-state index contributed by atoms with van der Waals surface area (Å²) in [5.41, 5.74) is 1.84. The molecular weight excluding hydrogens is 346 g/mol. The first kappa shape index (κ1) is 17.7. The standard InChI is InChI=1S/C22H22F2N2O/c23-18-9-10-20(24)19(14-18)17-13-21(16-7-3-1-4-8-16)26(15-17)22(27)25-11-5-2-6-12-25/h1,3-4,7-10,13-14,21H,2,5-6,11-12,15H2/t21-/m0/s1. The summed E-state index contributed by atoms with van der Waals surface area (Å²) in [5, 5.41) is 0. The molecule has 2 amide bonds. The lowest BCUT2D eigenvalue weighted by Crippen LogP contribution is -2.45. The van der Waals surface area contributed by atoms with Crippen molar-refractivity contribution in [3.63, 3.8) is 0 Å². The molecule has 0 spiro atoms. The number of urea groups is 1. The van der Waals surface area contributed by atoms with Crippen molar-refractivity contribution < 1.29 is 13.6 Å². The molecule has 2 aliphatic heterocycles. The molecule has 0 bridgehead atoms. The first-order chi connectivity index (χ1) is 13.1. The Balaban J connectivity index is 1.69. The Hall–Kier alpha value is -2.69. The van der Waals surface area contributed by atoms with Crippen LogP contribution in [0.5, 0.6) is 0 Å². The molecule has 0 unspecified atom stereocenters. The van der Waals surface area contributed by atoms with Crippen LogP contribution in [0.4, 0.5) is 13.6 Å². The maximum absolute atomic E-state index is 14.3. The van der Waals surface area contributed by atoms with E-state index in [-0.39, 0.29) is 24.2 Å². The van der Waals surface area contributed by atoms with Gasteiger partial charge >= 0.3 is 6.03 Å². The molecule has 0 radical (unpaired) electrons. The number of rotatable bonds is 2. The van der Waals surface area contributed by atoms with Crippen LogP contribution in [0.15, 0.2) is 54.6 Å². The summed E-state index contributed by atoms with van der Waals surface area (Å²) < 4.78 is 28.0. The van der Waals surface area contributed by atoms with Crippen LogP contribution in [-0.2, 0) is 0 Å². The van der Waals surface area contributed by atoms with Gasteiger partial charge in [0.25, 0.3) is 0 Å². The topological polar surface area (TPSA) is 23.6 Å². The molecule has 1 fully saturated rings. The Morgan fingerprint density at radius 3 is 2.44 bits per heavy atom. The highest BCUT2D eigenvalue weighted by atomic mass is 19.1. The average Bonchev–Trinajstić information content (AvgIpc) is 3.16. The Morgan fingerprint density at radius 2 is 1.70 bits per heavy atom. The summed E-state index contributed by atoms with van der Waals surface area (Å²) in [6, 6.07) is 12.8. The van der Waals surface area contributed by atoms with Gasteiger partial charge in [-0.15, -0.1) is 0 Å². The zero-order chi connectivity index (χ0) is 18.8. The first-order valence-electron chi connectivity index (χ1n) is 9.40. The third-order valence-corrected chi connectivity index (χ3v) is 5.32. The van der Waals surface area contributed by atoms with E-state index in [1.54, 1.807) is 4.90 Å². The van der Waals surface area contributed by atoms with E-state index in [4.69, 9.17) is 0 Å². The predicted octanol–water partition coefficient (Wildman–Crippen LogP) is 5.01. The smallest absolute Gasteiger partial charge is 0.321 e. The van der Waals surface area contributed by atoms with Gasteiger partial charge < -0.3 is 9.80 Å². The van der Waals surface area contributed by atoms with Gasteiger partial charge in [0.15, 0.2) is 0 Å². The molecule has 0 aliphatic carbocycles. The van der Waals surface area contributed by atoms with Crippen LogP contribution in [0.3, 0.4) is 0 Å². The van der Waals surface area contributed by atoms with Crippen LogP contribution in [0, 0.1) is 11.6 Å². The van der Waals surface area contributed by atoms with Crippen molar-refractivity contribution in [3.05, 3.63) is 77.4 Å². The molecule has 3 nitrogen and oxygen atoms in total. The minimum absolute atomic E-state index is 0.0355. The second-order valence-electron chi connectivity index (χ2n) is 7.13. The number of likely N-dealkylation sites (tertiary alicyclic amines) is 1. The van der Waals surface area contributed by atoms with Crippen molar-refractivity contribution in [1.29, 1.82) is 0 Å². The summed E-state index contributed by atoms with van der Waals surface area (Å²) in [7, 11) is 0. The Labute approximate surface area is 157 Å². The third kappa shape index (κ3) is 3.59. The van der Waals surface area contributed by atoms with Gasteiger partial charge in [-0.3, -0.25) is 0 Å². The molecule has 2 aliphatic rings. The van der Waals surface area contributed by atoms with Crippen molar-refractivity contribution in [1.82, 2.24) is 9.80 Å². The molecule has 2 heterocycles. The van der Waals surface area contributed by atoms with Gasteiger partial charge in [-0.05, 0) is 48.6 Å². The van der Waals surface area contributed by atoms with Crippen LogP contribution in [0.1, 0.15) is 36.4 Å². The normalized spacial score (nSPS) is 19.9. The number of benzene rings is 2. The molecule has 4 rings (SSSR count). The average molecular weight is 368 g/mol. The van der Waals surface area contributed by atoms with Gasteiger partial charge in [-0.1, -0.05) is 36.4 Å². The third-order valence-electron chi connectivity index (χ3n) is 5.32. The molecule has 5 heteroatoms. The second kappa shape index (κ2) is 7.51. The number of hydrogen-bond donors (Lipinski definition) is 0. The Morgan fingerprint density at radius 1 is 0.963 bits per heavy atom. The monoisotopic (exact) mass is 368 g/mol. The lowest BCUT2D eigenvalue weighted by molar-refractivity contribution is 0.143. The molecule has 0 saturated carbocycles. The summed E-state index contributed by atoms with van der Waals surface area (Å²) in [4.78, 5) is 16.8. The molecule has 0 N–H and O–H groups in total. The molecule has 1 saturated heterocycles. The summed E-state index contributed by atoms with van der Waals surface area (Å²) in [5.74, 6) is -0.953. The first-order valence-corrected chi connectivity index (χ1v) is 9.40. The van der Waals surface area contributed by atoms with Crippen LogP contribution in [-0.4, -0.2) is 35.5 Å². The molecule has 27 heavy (non-hydrogen) atoms. The minimum Gasteiger partial charge on any atom is -0.325 e. The number of piperidine rings is 1. The van der Waals surface area contributed by atoms with E-state index < -0.39 is 11.6 Å². The number of carbonyl (C=O) groups excluding carboxylic acids is 1. The van der Waals surface area contributed by atoms with Crippen LogP contribution in [0.25, 0.3) is 5.57 Å².